The summed E-state index contributed by atoms with van der Waals surface area (Å²) in [5.41, 5.74) is 1.24. The highest BCUT2D eigenvalue weighted by molar-refractivity contribution is 6.01. The van der Waals surface area contributed by atoms with Gasteiger partial charge in [0.25, 0.3) is 0 Å². The first-order chi connectivity index (χ1) is 11.7. The van der Waals surface area contributed by atoms with Gasteiger partial charge in [-0.3, -0.25) is 4.79 Å². The van der Waals surface area contributed by atoms with E-state index in [-0.39, 0.29) is 42.3 Å². The van der Waals surface area contributed by atoms with Crippen molar-refractivity contribution in [2.75, 3.05) is 11.9 Å². The van der Waals surface area contributed by atoms with Crippen molar-refractivity contribution in [1.82, 2.24) is 4.98 Å². The molecule has 1 aromatic heterocycles. The van der Waals surface area contributed by atoms with Crippen LogP contribution in [-0.2, 0) is 9.53 Å². The molecule has 0 bridgehead atoms. The van der Waals surface area contributed by atoms with Gasteiger partial charge in [-0.1, -0.05) is 27.7 Å². The van der Waals surface area contributed by atoms with Gasteiger partial charge in [-0.05, 0) is 42.1 Å². The van der Waals surface area contributed by atoms with Gasteiger partial charge in [0, 0.05) is 19.7 Å². The Balaban J connectivity index is 2.22. The molecule has 1 fully saturated rings. The van der Waals surface area contributed by atoms with Crippen LogP contribution in [0.2, 0.25) is 0 Å². The Bertz CT molecular complexity index is 611. The van der Waals surface area contributed by atoms with Crippen molar-refractivity contribution in [3.8, 4) is 0 Å². The summed E-state index contributed by atoms with van der Waals surface area (Å²) in [5, 5.41) is 12.1. The van der Waals surface area contributed by atoms with Gasteiger partial charge < -0.3 is 20.1 Å². The Hall–Kier alpha value is -1.82. The molecule has 0 saturated heterocycles. The summed E-state index contributed by atoms with van der Waals surface area (Å²) >= 11 is 0. The molecule has 0 aromatic carbocycles. The molecule has 2 rings (SSSR count). The number of H-pyrrole nitrogens is 1. The molecular weight excluding hydrogens is 320 g/mol. The van der Waals surface area contributed by atoms with E-state index in [9.17, 15) is 14.7 Å². The molecule has 1 aliphatic carbocycles. The van der Waals surface area contributed by atoms with Gasteiger partial charge in [0.1, 0.15) is 17.5 Å². The number of carbonyl (C=O) groups is 2. The Morgan fingerprint density at radius 3 is 2.40 bits per heavy atom. The first kappa shape index (κ1) is 19.5. The lowest BCUT2D eigenvalue weighted by Gasteiger charge is -2.38. The van der Waals surface area contributed by atoms with E-state index in [2.05, 4.69) is 24.1 Å². The molecule has 0 radical (unpaired) electrons. The van der Waals surface area contributed by atoms with Crippen LogP contribution in [0.15, 0.2) is 6.20 Å². The topological polar surface area (TPSA) is 91.4 Å². The number of nitrogens with one attached hydrogen (secondary N) is 2. The molecule has 2 unspecified atom stereocenters. The number of hydrogen-bond acceptors (Lipinski definition) is 4. The minimum atomic E-state index is -0.403. The number of aliphatic hydroxyl groups is 1. The second-order valence-corrected chi connectivity index (χ2v) is 7.67. The SMILES string of the molecule is CC(=O)Nc1[nH]cc(C(C)C)c1C(=O)OC1C(C)CC(CO)CC1C. The van der Waals surface area contributed by atoms with E-state index in [1.807, 2.05) is 13.8 Å². The fourth-order valence-corrected chi connectivity index (χ4v) is 3.93. The third-order valence-electron chi connectivity index (χ3n) is 5.07. The molecule has 25 heavy (non-hydrogen) atoms. The maximum absolute atomic E-state index is 12.9. The lowest BCUT2D eigenvalue weighted by molar-refractivity contribution is -0.114. The first-order valence-corrected chi connectivity index (χ1v) is 9.05. The van der Waals surface area contributed by atoms with Gasteiger partial charge in [-0.15, -0.1) is 0 Å². The fraction of sp³-hybridized carbons (Fsp3) is 0.684. The van der Waals surface area contributed by atoms with Crippen LogP contribution >= 0.6 is 0 Å². The highest BCUT2D eigenvalue weighted by atomic mass is 16.5. The zero-order valence-corrected chi connectivity index (χ0v) is 15.8. The number of aliphatic hydroxyl groups excluding tert-OH is 1. The summed E-state index contributed by atoms with van der Waals surface area (Å²) in [6.45, 7) is 9.70. The van der Waals surface area contributed by atoms with Crippen LogP contribution in [0.5, 0.6) is 0 Å². The Labute approximate surface area is 149 Å². The van der Waals surface area contributed by atoms with Crippen LogP contribution in [-0.4, -0.2) is 34.7 Å². The Morgan fingerprint density at radius 1 is 1.32 bits per heavy atom. The average Bonchev–Trinajstić information content (AvgIpc) is 2.93. The quantitative estimate of drug-likeness (QED) is 0.711. The van der Waals surface area contributed by atoms with Crippen molar-refractivity contribution in [1.29, 1.82) is 0 Å². The molecule has 0 spiro atoms. The molecule has 1 saturated carbocycles. The lowest BCUT2D eigenvalue weighted by Crippen LogP contribution is -2.39. The second kappa shape index (κ2) is 8.04. The lowest BCUT2D eigenvalue weighted by atomic mass is 9.75. The molecular formula is C19H30N2O4. The van der Waals surface area contributed by atoms with Crippen LogP contribution < -0.4 is 5.32 Å². The predicted octanol–water partition coefficient (Wildman–Crippen LogP) is 3.30. The van der Waals surface area contributed by atoms with E-state index in [0.717, 1.165) is 18.4 Å². The molecule has 1 aromatic rings. The van der Waals surface area contributed by atoms with Gasteiger partial charge >= 0.3 is 5.97 Å². The zero-order valence-electron chi connectivity index (χ0n) is 15.8. The summed E-state index contributed by atoms with van der Waals surface area (Å²) in [4.78, 5) is 27.3. The largest absolute Gasteiger partial charge is 0.458 e. The summed E-state index contributed by atoms with van der Waals surface area (Å²) in [6, 6.07) is 0. The van der Waals surface area contributed by atoms with E-state index in [1.165, 1.54) is 6.92 Å². The van der Waals surface area contributed by atoms with Crippen molar-refractivity contribution in [3.05, 3.63) is 17.3 Å². The third-order valence-corrected chi connectivity index (χ3v) is 5.07. The number of ether oxygens (including phenoxy) is 1. The Morgan fingerprint density at radius 2 is 1.92 bits per heavy atom. The molecule has 140 valence electrons. The normalized spacial score (nSPS) is 26.5. The number of rotatable bonds is 5. The van der Waals surface area contributed by atoms with Crippen molar-refractivity contribution in [2.45, 2.75) is 59.5 Å². The minimum Gasteiger partial charge on any atom is -0.458 e. The van der Waals surface area contributed by atoms with Gasteiger partial charge in [-0.2, -0.15) is 0 Å². The molecule has 6 nitrogen and oxygen atoms in total. The molecule has 3 N–H and O–H groups in total. The molecule has 0 aliphatic heterocycles. The van der Waals surface area contributed by atoms with Gasteiger partial charge in [0.15, 0.2) is 0 Å². The maximum atomic E-state index is 12.9. The van der Waals surface area contributed by atoms with Gasteiger partial charge in [-0.25, -0.2) is 4.79 Å². The summed E-state index contributed by atoms with van der Waals surface area (Å²) in [6.07, 6.45) is 3.26. The van der Waals surface area contributed by atoms with Gasteiger partial charge in [0.05, 0.1) is 0 Å². The van der Waals surface area contributed by atoms with Crippen molar-refractivity contribution >= 4 is 17.7 Å². The van der Waals surface area contributed by atoms with Crippen molar-refractivity contribution < 1.29 is 19.4 Å². The second-order valence-electron chi connectivity index (χ2n) is 7.67. The zero-order chi connectivity index (χ0) is 18.7. The number of aromatic nitrogens is 1. The average molecular weight is 350 g/mol. The van der Waals surface area contributed by atoms with Gasteiger partial charge in [0.2, 0.25) is 5.91 Å². The number of amides is 1. The van der Waals surface area contributed by atoms with E-state index in [0.29, 0.717) is 11.4 Å². The predicted molar refractivity (Wildman–Crippen MR) is 96.5 cm³/mol. The number of hydrogen-bond donors (Lipinski definition) is 3. The number of carbonyl (C=O) groups excluding carboxylic acids is 2. The van der Waals surface area contributed by atoms with Crippen LogP contribution in [0.4, 0.5) is 5.82 Å². The van der Waals surface area contributed by atoms with Crippen molar-refractivity contribution in [2.24, 2.45) is 17.8 Å². The number of esters is 1. The highest BCUT2D eigenvalue weighted by Gasteiger charge is 2.36. The molecule has 1 amide bonds. The van der Waals surface area contributed by atoms with Crippen molar-refractivity contribution in [3.63, 3.8) is 0 Å². The van der Waals surface area contributed by atoms with Crippen LogP contribution in [0.25, 0.3) is 0 Å². The van der Waals surface area contributed by atoms with E-state index in [1.54, 1.807) is 6.20 Å². The third kappa shape index (κ3) is 4.42. The first-order valence-electron chi connectivity index (χ1n) is 9.05. The Kier molecular flexibility index (Phi) is 6.27. The smallest absolute Gasteiger partial charge is 0.342 e. The summed E-state index contributed by atoms with van der Waals surface area (Å²) in [5.74, 6) is 0.530. The van der Waals surface area contributed by atoms with E-state index < -0.39 is 5.97 Å². The fourth-order valence-electron chi connectivity index (χ4n) is 3.93. The summed E-state index contributed by atoms with van der Waals surface area (Å²) in [7, 11) is 0. The summed E-state index contributed by atoms with van der Waals surface area (Å²) < 4.78 is 5.87. The number of anilines is 1. The monoisotopic (exact) mass is 350 g/mol. The molecule has 1 aliphatic rings. The molecule has 2 atom stereocenters. The standard InChI is InChI=1S/C19H30N2O4/c1-10(2)15-8-20-18(21-13(5)23)16(15)19(24)25-17-11(3)6-14(9-22)7-12(17)4/h8,10-12,14,17,20,22H,6-7,9H2,1-5H3,(H,21,23). The maximum Gasteiger partial charge on any atom is 0.342 e. The molecule has 6 heteroatoms. The van der Waals surface area contributed by atoms with Crippen LogP contribution in [0, 0.1) is 17.8 Å². The minimum absolute atomic E-state index is 0.126. The van der Waals surface area contributed by atoms with Crippen LogP contribution in [0.3, 0.4) is 0 Å². The highest BCUT2D eigenvalue weighted by Crippen LogP contribution is 2.36. The number of aromatic amines is 1. The molecule has 1 heterocycles. The van der Waals surface area contributed by atoms with E-state index >= 15 is 0 Å². The van der Waals surface area contributed by atoms with Crippen LogP contribution in [0.1, 0.15) is 69.3 Å². The van der Waals surface area contributed by atoms with E-state index in [4.69, 9.17) is 4.74 Å².